The third-order valence-electron chi connectivity index (χ3n) is 4.41. The number of aromatic nitrogens is 4. The van der Waals surface area contributed by atoms with Crippen molar-refractivity contribution in [2.45, 2.75) is 0 Å². The number of thioether (sulfide) groups is 1. The zero-order valence-electron chi connectivity index (χ0n) is 15.9. The number of carbonyl (C=O) groups is 3. The van der Waals surface area contributed by atoms with E-state index in [-0.39, 0.29) is 30.1 Å². The second kappa shape index (κ2) is 9.11. The Morgan fingerprint density at radius 2 is 1.84 bits per heavy atom. The quantitative estimate of drug-likeness (QED) is 0.570. The molecule has 1 N–H and O–H groups in total. The molecule has 156 valence electrons. The number of hydrogen-bond acceptors (Lipinski definition) is 7. The van der Waals surface area contributed by atoms with Gasteiger partial charge in [-0.25, -0.2) is 4.68 Å². The fourth-order valence-corrected chi connectivity index (χ4v) is 3.82. The van der Waals surface area contributed by atoms with Crippen LogP contribution in [0.25, 0.3) is 11.8 Å². The van der Waals surface area contributed by atoms with E-state index in [1.54, 1.807) is 54.6 Å². The van der Waals surface area contributed by atoms with E-state index in [1.807, 2.05) is 0 Å². The molecular weight excluding hydrogens is 440 g/mol. The van der Waals surface area contributed by atoms with Crippen molar-refractivity contribution in [1.29, 1.82) is 0 Å². The number of nitrogens with zero attached hydrogens (tertiary/aromatic N) is 5. The Morgan fingerprint density at radius 1 is 1.10 bits per heavy atom. The molecule has 0 unspecified atom stereocenters. The van der Waals surface area contributed by atoms with Crippen LogP contribution in [0.15, 0.2) is 59.8 Å². The predicted octanol–water partition coefficient (Wildman–Crippen LogP) is 2.78. The molecule has 1 aliphatic rings. The minimum absolute atomic E-state index is 0.0804. The van der Waals surface area contributed by atoms with Crippen LogP contribution in [-0.4, -0.2) is 55.3 Å². The molecule has 1 saturated heterocycles. The number of hydrogen-bond donors (Lipinski definition) is 1. The Bertz CT molecular complexity index is 1150. The maximum absolute atomic E-state index is 12.5. The van der Waals surface area contributed by atoms with Crippen molar-refractivity contribution < 1.29 is 14.4 Å². The summed E-state index contributed by atoms with van der Waals surface area (Å²) >= 11 is 6.73. The highest BCUT2D eigenvalue weighted by Gasteiger charge is 2.34. The molecular formula is C20H15ClN6O3S. The van der Waals surface area contributed by atoms with Gasteiger partial charge >= 0.3 is 0 Å². The smallest absolute Gasteiger partial charge is 0.293 e. The molecule has 9 nitrogen and oxygen atoms in total. The minimum atomic E-state index is -0.384. The van der Waals surface area contributed by atoms with Crippen molar-refractivity contribution in [3.63, 3.8) is 0 Å². The van der Waals surface area contributed by atoms with Crippen molar-refractivity contribution in [3.05, 3.63) is 75.9 Å². The fraction of sp³-hybridized carbons (Fsp3) is 0.100. The Balaban J connectivity index is 1.32. The summed E-state index contributed by atoms with van der Waals surface area (Å²) in [7, 11) is 0. The van der Waals surface area contributed by atoms with Crippen LogP contribution in [0.5, 0.6) is 0 Å². The van der Waals surface area contributed by atoms with Crippen LogP contribution < -0.4 is 5.32 Å². The molecule has 0 radical (unpaired) electrons. The molecule has 0 aliphatic carbocycles. The van der Waals surface area contributed by atoms with Crippen LogP contribution in [-0.2, 0) is 4.79 Å². The summed E-state index contributed by atoms with van der Waals surface area (Å²) in [6, 6.07) is 13.7. The van der Waals surface area contributed by atoms with E-state index in [4.69, 9.17) is 11.6 Å². The fourth-order valence-electron chi connectivity index (χ4n) is 2.83. The van der Waals surface area contributed by atoms with E-state index in [0.29, 0.717) is 21.2 Å². The molecule has 3 amide bonds. The van der Waals surface area contributed by atoms with Gasteiger partial charge in [-0.05, 0) is 70.2 Å². The standard InChI is InChI=1S/C20H15ClN6O3S/c21-15-5-1-13(2-6-15)11-17-19(29)26(20(30)31-17)10-9-22-18(28)14-3-7-16(8-4-14)27-12-23-24-25-27/h1-8,11-12H,9-10H2,(H,22,28). The van der Waals surface area contributed by atoms with Crippen molar-refractivity contribution in [3.8, 4) is 5.69 Å². The summed E-state index contributed by atoms with van der Waals surface area (Å²) in [5, 5.41) is 13.8. The van der Waals surface area contributed by atoms with Gasteiger partial charge in [0.1, 0.15) is 6.33 Å². The highest BCUT2D eigenvalue weighted by atomic mass is 35.5. The van der Waals surface area contributed by atoms with Crippen molar-refractivity contribution in [2.24, 2.45) is 0 Å². The predicted molar refractivity (Wildman–Crippen MR) is 116 cm³/mol. The van der Waals surface area contributed by atoms with E-state index in [9.17, 15) is 14.4 Å². The number of amides is 3. The summed E-state index contributed by atoms with van der Waals surface area (Å²) in [5.41, 5.74) is 1.92. The average molecular weight is 455 g/mol. The van der Waals surface area contributed by atoms with Crippen LogP contribution >= 0.6 is 23.4 Å². The Labute approximate surface area is 186 Å². The minimum Gasteiger partial charge on any atom is -0.350 e. The molecule has 0 bridgehead atoms. The van der Waals surface area contributed by atoms with Crippen LogP contribution in [0.2, 0.25) is 5.02 Å². The normalized spacial score (nSPS) is 15.0. The summed E-state index contributed by atoms with van der Waals surface area (Å²) in [4.78, 5) is 38.5. The van der Waals surface area contributed by atoms with Gasteiger partial charge < -0.3 is 5.32 Å². The van der Waals surface area contributed by atoms with Gasteiger partial charge in [0.25, 0.3) is 17.1 Å². The number of tetrazole rings is 1. The molecule has 0 saturated carbocycles. The van der Waals surface area contributed by atoms with E-state index >= 15 is 0 Å². The first-order chi connectivity index (χ1) is 15.0. The number of imide groups is 1. The summed E-state index contributed by atoms with van der Waals surface area (Å²) in [6.07, 6.45) is 3.10. The lowest BCUT2D eigenvalue weighted by Crippen LogP contribution is -2.37. The van der Waals surface area contributed by atoms with Crippen molar-refractivity contribution >= 4 is 46.5 Å². The molecule has 1 aliphatic heterocycles. The molecule has 11 heteroatoms. The van der Waals surface area contributed by atoms with Gasteiger partial charge in [-0.2, -0.15) is 0 Å². The van der Waals surface area contributed by atoms with Gasteiger partial charge in [-0.3, -0.25) is 19.3 Å². The molecule has 31 heavy (non-hydrogen) atoms. The second-order valence-corrected chi connectivity index (χ2v) is 7.87. The maximum Gasteiger partial charge on any atom is 0.293 e. The number of carbonyl (C=O) groups excluding carboxylic acids is 3. The highest BCUT2D eigenvalue weighted by molar-refractivity contribution is 8.18. The number of benzene rings is 2. The number of rotatable bonds is 6. The molecule has 3 aromatic rings. The van der Waals surface area contributed by atoms with Crippen molar-refractivity contribution in [1.82, 2.24) is 30.4 Å². The van der Waals surface area contributed by atoms with Crippen LogP contribution in [0.4, 0.5) is 4.79 Å². The van der Waals surface area contributed by atoms with E-state index in [1.165, 1.54) is 11.0 Å². The summed E-state index contributed by atoms with van der Waals surface area (Å²) in [5.74, 6) is -0.697. The monoisotopic (exact) mass is 454 g/mol. The molecule has 1 fully saturated rings. The van der Waals surface area contributed by atoms with Gasteiger partial charge in [0, 0.05) is 23.7 Å². The van der Waals surface area contributed by atoms with Crippen LogP contribution in [0.1, 0.15) is 15.9 Å². The van der Waals surface area contributed by atoms with E-state index in [2.05, 4.69) is 20.8 Å². The van der Waals surface area contributed by atoms with Gasteiger partial charge in [-0.1, -0.05) is 23.7 Å². The van der Waals surface area contributed by atoms with Gasteiger partial charge in [-0.15, -0.1) is 5.10 Å². The van der Waals surface area contributed by atoms with E-state index < -0.39 is 0 Å². The SMILES string of the molecule is O=C(NCCN1C(=O)SC(=Cc2ccc(Cl)cc2)C1=O)c1ccc(-n2cnnn2)cc1. The molecule has 0 spiro atoms. The number of halogens is 1. The number of nitrogens with one attached hydrogen (secondary N) is 1. The first-order valence-electron chi connectivity index (χ1n) is 9.14. The van der Waals surface area contributed by atoms with Gasteiger partial charge in [0.05, 0.1) is 10.6 Å². The molecule has 0 atom stereocenters. The zero-order chi connectivity index (χ0) is 21.8. The molecule has 1 aromatic heterocycles. The van der Waals surface area contributed by atoms with Gasteiger partial charge in [0.2, 0.25) is 0 Å². The topological polar surface area (TPSA) is 110 Å². The maximum atomic E-state index is 12.5. The first-order valence-corrected chi connectivity index (χ1v) is 10.3. The lowest BCUT2D eigenvalue weighted by Gasteiger charge is -2.13. The van der Waals surface area contributed by atoms with E-state index in [0.717, 1.165) is 22.2 Å². The van der Waals surface area contributed by atoms with Gasteiger partial charge in [0.15, 0.2) is 0 Å². The molecule has 2 heterocycles. The summed E-state index contributed by atoms with van der Waals surface area (Å²) in [6.45, 7) is 0.219. The lowest BCUT2D eigenvalue weighted by atomic mass is 10.2. The second-order valence-electron chi connectivity index (χ2n) is 6.44. The van der Waals surface area contributed by atoms with Crippen LogP contribution in [0.3, 0.4) is 0 Å². The Hall–Kier alpha value is -3.50. The zero-order valence-corrected chi connectivity index (χ0v) is 17.5. The third-order valence-corrected chi connectivity index (χ3v) is 5.56. The Morgan fingerprint density at radius 3 is 2.52 bits per heavy atom. The van der Waals surface area contributed by atoms with Crippen LogP contribution in [0, 0.1) is 0 Å². The molecule has 2 aromatic carbocycles. The highest BCUT2D eigenvalue weighted by Crippen LogP contribution is 2.32. The largest absolute Gasteiger partial charge is 0.350 e. The molecule has 4 rings (SSSR count). The lowest BCUT2D eigenvalue weighted by molar-refractivity contribution is -0.122. The third kappa shape index (κ3) is 4.81. The van der Waals surface area contributed by atoms with Crippen molar-refractivity contribution in [2.75, 3.05) is 13.1 Å². The first kappa shape index (κ1) is 20.8. The summed E-state index contributed by atoms with van der Waals surface area (Å²) < 4.78 is 1.47. The average Bonchev–Trinajstić information content (AvgIpc) is 3.40. The Kier molecular flexibility index (Phi) is 6.10.